The van der Waals surface area contributed by atoms with E-state index in [4.69, 9.17) is 4.52 Å². The van der Waals surface area contributed by atoms with Gasteiger partial charge in [-0.05, 0) is 26.3 Å². The van der Waals surface area contributed by atoms with E-state index in [0.717, 1.165) is 32.2 Å². The zero-order valence-corrected chi connectivity index (χ0v) is 10.5. The van der Waals surface area contributed by atoms with Crippen LogP contribution in [-0.2, 0) is 17.8 Å². The highest BCUT2D eigenvalue weighted by Gasteiger charge is 2.27. The van der Waals surface area contributed by atoms with Crippen LogP contribution in [0.15, 0.2) is 4.52 Å². The van der Waals surface area contributed by atoms with Crippen molar-refractivity contribution in [1.82, 2.24) is 15.0 Å². The largest absolute Gasteiger partial charge is 0.339 e. The molecule has 2 heterocycles. The van der Waals surface area contributed by atoms with Gasteiger partial charge in [-0.3, -0.25) is 9.69 Å². The van der Waals surface area contributed by atoms with Gasteiger partial charge in [0.1, 0.15) is 5.78 Å². The number of nitrogens with zero attached hydrogens (tertiary/aromatic N) is 3. The number of hydrogen-bond donors (Lipinski definition) is 0. The molecule has 0 aliphatic carbocycles. The minimum Gasteiger partial charge on any atom is -0.339 e. The summed E-state index contributed by atoms with van der Waals surface area (Å²) < 4.78 is 5.08. The van der Waals surface area contributed by atoms with E-state index in [9.17, 15) is 4.79 Å². The van der Waals surface area contributed by atoms with Crippen LogP contribution >= 0.6 is 0 Å². The lowest BCUT2D eigenvalue weighted by molar-refractivity contribution is -0.123. The van der Waals surface area contributed by atoms with Crippen molar-refractivity contribution in [3.63, 3.8) is 0 Å². The summed E-state index contributed by atoms with van der Waals surface area (Å²) in [6, 6.07) is 0.0346. The highest BCUT2D eigenvalue weighted by Crippen LogP contribution is 2.19. The molecule has 17 heavy (non-hydrogen) atoms. The van der Waals surface area contributed by atoms with Crippen molar-refractivity contribution >= 4 is 5.78 Å². The van der Waals surface area contributed by atoms with Crippen molar-refractivity contribution in [2.45, 2.75) is 52.1 Å². The molecule has 0 N–H and O–H groups in total. The van der Waals surface area contributed by atoms with Crippen LogP contribution in [0.4, 0.5) is 0 Å². The Morgan fingerprint density at radius 1 is 1.53 bits per heavy atom. The Labute approximate surface area is 101 Å². The Kier molecular flexibility index (Phi) is 3.89. The Morgan fingerprint density at radius 2 is 2.35 bits per heavy atom. The van der Waals surface area contributed by atoms with E-state index < -0.39 is 0 Å². The van der Waals surface area contributed by atoms with E-state index in [-0.39, 0.29) is 11.8 Å². The minimum atomic E-state index is 0.0346. The van der Waals surface area contributed by atoms with Crippen molar-refractivity contribution < 1.29 is 9.32 Å². The lowest BCUT2D eigenvalue weighted by atomic mass is 9.99. The van der Waals surface area contributed by atoms with E-state index in [2.05, 4.69) is 15.0 Å². The molecule has 1 aromatic heterocycles. The number of ketones is 1. The number of aryl methyl sites for hydroxylation is 1. The highest BCUT2D eigenvalue weighted by atomic mass is 16.5. The Hall–Kier alpha value is -1.23. The smallest absolute Gasteiger partial charge is 0.226 e. The van der Waals surface area contributed by atoms with Crippen LogP contribution in [0.1, 0.15) is 44.8 Å². The maximum absolute atomic E-state index is 11.6. The molecule has 1 saturated heterocycles. The van der Waals surface area contributed by atoms with Gasteiger partial charge in [-0.2, -0.15) is 4.98 Å². The van der Waals surface area contributed by atoms with Crippen LogP contribution in [-0.4, -0.2) is 33.4 Å². The molecular weight excluding hydrogens is 218 g/mol. The van der Waals surface area contributed by atoms with Crippen LogP contribution in [0.5, 0.6) is 0 Å². The number of carbonyl (C=O) groups excluding carboxylic acids is 1. The van der Waals surface area contributed by atoms with Crippen molar-refractivity contribution in [2.75, 3.05) is 6.54 Å². The van der Waals surface area contributed by atoms with E-state index in [1.807, 2.05) is 6.92 Å². The van der Waals surface area contributed by atoms with Gasteiger partial charge in [0.25, 0.3) is 0 Å². The minimum absolute atomic E-state index is 0.0346. The molecule has 1 unspecified atom stereocenters. The second-order valence-electron chi connectivity index (χ2n) is 4.55. The number of likely N-dealkylation sites (tertiary alicyclic amines) is 1. The van der Waals surface area contributed by atoms with Crippen LogP contribution in [0, 0.1) is 0 Å². The molecule has 0 spiro atoms. The summed E-state index contributed by atoms with van der Waals surface area (Å²) in [6.45, 7) is 5.21. The van der Waals surface area contributed by atoms with Crippen LogP contribution < -0.4 is 0 Å². The summed E-state index contributed by atoms with van der Waals surface area (Å²) in [5, 5.41) is 3.94. The van der Waals surface area contributed by atoms with Gasteiger partial charge in [0.2, 0.25) is 5.89 Å². The molecule has 5 nitrogen and oxygen atoms in total. The first kappa shape index (κ1) is 12.2. The van der Waals surface area contributed by atoms with Crippen molar-refractivity contribution in [2.24, 2.45) is 0 Å². The molecular formula is C12H19N3O2. The first-order valence-electron chi connectivity index (χ1n) is 6.26. The number of carbonyl (C=O) groups is 1. The summed E-state index contributed by atoms with van der Waals surface area (Å²) >= 11 is 0. The van der Waals surface area contributed by atoms with Crippen LogP contribution in [0.2, 0.25) is 0 Å². The molecule has 1 atom stereocenters. The van der Waals surface area contributed by atoms with Gasteiger partial charge in [0, 0.05) is 6.42 Å². The molecule has 0 saturated carbocycles. The fourth-order valence-corrected chi connectivity index (χ4v) is 2.32. The number of piperidine rings is 1. The van der Waals surface area contributed by atoms with Gasteiger partial charge < -0.3 is 4.52 Å². The maximum Gasteiger partial charge on any atom is 0.226 e. The third-order valence-corrected chi connectivity index (χ3v) is 3.24. The number of Topliss-reactive ketones (excluding diaryl/α,β-unsaturated/α-hetero) is 1. The van der Waals surface area contributed by atoms with Crippen LogP contribution in [0.3, 0.4) is 0 Å². The molecule has 0 bridgehead atoms. The van der Waals surface area contributed by atoms with E-state index >= 15 is 0 Å². The molecule has 0 amide bonds. The number of rotatable bonds is 4. The first-order valence-corrected chi connectivity index (χ1v) is 6.26. The van der Waals surface area contributed by atoms with Gasteiger partial charge in [-0.25, -0.2) is 0 Å². The molecule has 1 aliphatic rings. The fourth-order valence-electron chi connectivity index (χ4n) is 2.32. The zero-order valence-electron chi connectivity index (χ0n) is 10.5. The van der Waals surface area contributed by atoms with Crippen molar-refractivity contribution in [3.05, 3.63) is 11.7 Å². The normalized spacial score (nSPS) is 21.6. The second kappa shape index (κ2) is 5.40. The molecule has 1 aliphatic heterocycles. The molecule has 5 heteroatoms. The van der Waals surface area contributed by atoms with Gasteiger partial charge in [-0.1, -0.05) is 18.5 Å². The van der Waals surface area contributed by atoms with Gasteiger partial charge in [0.15, 0.2) is 5.82 Å². The van der Waals surface area contributed by atoms with E-state index in [0.29, 0.717) is 18.3 Å². The predicted molar refractivity (Wildman–Crippen MR) is 62.4 cm³/mol. The monoisotopic (exact) mass is 237 g/mol. The van der Waals surface area contributed by atoms with E-state index in [1.165, 1.54) is 0 Å². The average Bonchev–Trinajstić information content (AvgIpc) is 2.77. The Balaban J connectivity index is 2.02. The third kappa shape index (κ3) is 2.91. The lowest BCUT2D eigenvalue weighted by Gasteiger charge is -2.32. The third-order valence-electron chi connectivity index (χ3n) is 3.24. The summed E-state index contributed by atoms with van der Waals surface area (Å²) in [5.41, 5.74) is 0. The molecule has 0 aromatic carbocycles. The first-order chi connectivity index (χ1) is 8.20. The standard InChI is InChI=1S/C12H19N3O2/c1-3-12-13-11(14-17-12)8-15-7-5-4-6-10(15)9(2)16/h10H,3-8H2,1-2H3. The Morgan fingerprint density at radius 3 is 3.00 bits per heavy atom. The molecule has 2 rings (SSSR count). The van der Waals surface area contributed by atoms with Crippen molar-refractivity contribution in [1.29, 1.82) is 0 Å². The molecule has 0 radical (unpaired) electrons. The molecule has 1 fully saturated rings. The summed E-state index contributed by atoms with van der Waals surface area (Å²) in [5.74, 6) is 1.59. The molecule has 94 valence electrons. The zero-order chi connectivity index (χ0) is 12.3. The quantitative estimate of drug-likeness (QED) is 0.795. The highest BCUT2D eigenvalue weighted by molar-refractivity contribution is 5.81. The SMILES string of the molecule is CCc1nc(CN2CCCCC2C(C)=O)no1. The van der Waals surface area contributed by atoms with Gasteiger partial charge >= 0.3 is 0 Å². The van der Waals surface area contributed by atoms with E-state index in [1.54, 1.807) is 6.92 Å². The number of aromatic nitrogens is 2. The van der Waals surface area contributed by atoms with Gasteiger partial charge in [-0.15, -0.1) is 0 Å². The Bertz CT molecular complexity index is 389. The summed E-state index contributed by atoms with van der Waals surface area (Å²) in [4.78, 5) is 18.0. The van der Waals surface area contributed by atoms with Crippen molar-refractivity contribution in [3.8, 4) is 0 Å². The van der Waals surface area contributed by atoms with Crippen LogP contribution in [0.25, 0.3) is 0 Å². The summed E-state index contributed by atoms with van der Waals surface area (Å²) in [6.07, 6.45) is 3.98. The average molecular weight is 237 g/mol. The summed E-state index contributed by atoms with van der Waals surface area (Å²) in [7, 11) is 0. The topological polar surface area (TPSA) is 59.2 Å². The lowest BCUT2D eigenvalue weighted by Crippen LogP contribution is -2.43. The maximum atomic E-state index is 11.6. The second-order valence-corrected chi connectivity index (χ2v) is 4.55. The number of hydrogen-bond acceptors (Lipinski definition) is 5. The predicted octanol–water partition coefficient (Wildman–Crippen LogP) is 1.58. The van der Waals surface area contributed by atoms with Gasteiger partial charge in [0.05, 0.1) is 12.6 Å². The fraction of sp³-hybridized carbons (Fsp3) is 0.750. The molecule has 1 aromatic rings.